The topological polar surface area (TPSA) is 77.2 Å². The molecule has 1 aliphatic heterocycles. The van der Waals surface area contributed by atoms with Gasteiger partial charge in [0.1, 0.15) is 0 Å². The van der Waals surface area contributed by atoms with Crippen LogP contribution < -0.4 is 5.56 Å². The molecule has 3 aromatic heterocycles. The molecule has 1 aliphatic rings. The average molecular weight is 454 g/mol. The first-order valence-electron chi connectivity index (χ1n) is 10.3. The van der Waals surface area contributed by atoms with Crippen LogP contribution in [0.1, 0.15) is 28.8 Å². The van der Waals surface area contributed by atoms with Crippen LogP contribution in [0.3, 0.4) is 0 Å². The first-order valence-corrected chi connectivity index (χ1v) is 11.2. The zero-order valence-electron chi connectivity index (χ0n) is 17.3. The Morgan fingerprint density at radius 2 is 2.26 bits per heavy atom. The number of hydrogen-bond acceptors (Lipinski definition) is 5. The quantitative estimate of drug-likeness (QED) is 0.496. The van der Waals surface area contributed by atoms with Gasteiger partial charge < -0.3 is 9.88 Å². The lowest BCUT2D eigenvalue weighted by atomic mass is 9.98. The Balaban J connectivity index is 0.00000231. The molecule has 4 aromatic rings. The number of benzene rings is 1. The average Bonchev–Trinajstić information content (AvgIpc) is 3.48. The van der Waals surface area contributed by atoms with Crippen molar-refractivity contribution in [2.24, 2.45) is 5.92 Å². The molecular weight excluding hydrogens is 430 g/mol. The molecule has 5 rings (SSSR count). The fourth-order valence-corrected chi connectivity index (χ4v) is 5.34. The van der Waals surface area contributed by atoms with Gasteiger partial charge in [-0.05, 0) is 62.4 Å². The summed E-state index contributed by atoms with van der Waals surface area (Å²) in [4.78, 5) is 23.9. The molecule has 0 saturated carbocycles. The van der Waals surface area contributed by atoms with Crippen molar-refractivity contribution in [1.82, 2.24) is 19.3 Å². The highest BCUT2D eigenvalue weighted by atomic mass is 35.5. The molecule has 1 N–H and O–H groups in total. The maximum Gasteiger partial charge on any atom is 0.261 e. The van der Waals surface area contributed by atoms with Gasteiger partial charge in [0.25, 0.3) is 5.56 Å². The van der Waals surface area contributed by atoms with E-state index in [9.17, 15) is 10.1 Å². The van der Waals surface area contributed by atoms with Crippen LogP contribution in [0, 0.1) is 24.2 Å². The van der Waals surface area contributed by atoms with Gasteiger partial charge in [-0.1, -0.05) is 0 Å². The summed E-state index contributed by atoms with van der Waals surface area (Å²) >= 11 is 1.49. The largest absolute Gasteiger partial charge is 0.361 e. The molecule has 1 saturated heterocycles. The molecule has 0 aliphatic carbocycles. The maximum absolute atomic E-state index is 12.8. The number of nitriles is 1. The summed E-state index contributed by atoms with van der Waals surface area (Å²) in [5, 5.41) is 12.3. The monoisotopic (exact) mass is 453 g/mol. The molecular formula is C23H24ClN5OS. The summed E-state index contributed by atoms with van der Waals surface area (Å²) in [5.74, 6) is 0.592. The van der Waals surface area contributed by atoms with Crippen molar-refractivity contribution in [2.75, 3.05) is 19.6 Å². The summed E-state index contributed by atoms with van der Waals surface area (Å²) in [7, 11) is 0. The number of fused-ring (bicyclic) bond motifs is 2. The van der Waals surface area contributed by atoms with Crippen LogP contribution in [0.15, 0.2) is 40.8 Å². The first kappa shape index (κ1) is 21.6. The van der Waals surface area contributed by atoms with Gasteiger partial charge in [-0.15, -0.1) is 23.7 Å². The summed E-state index contributed by atoms with van der Waals surface area (Å²) in [6.45, 7) is 4.93. The Labute approximate surface area is 190 Å². The fraction of sp³-hybridized carbons (Fsp3) is 0.348. The van der Waals surface area contributed by atoms with E-state index in [1.165, 1.54) is 16.9 Å². The standard InChI is InChI=1S/C23H23N5OS.ClH/c1-15-19(22(29)28-8-9-30-23(28)26-15)5-7-27-6-4-17(14-27)10-18-13-25-21-3-2-16(12-24)11-20(18)21;/h2-3,8-9,11,13,17,25H,4-7,10,14H2,1H3;1H. The highest BCUT2D eigenvalue weighted by molar-refractivity contribution is 7.15. The van der Waals surface area contributed by atoms with Crippen LogP contribution in [-0.2, 0) is 12.8 Å². The molecule has 0 spiro atoms. The van der Waals surface area contributed by atoms with Crippen molar-refractivity contribution in [3.05, 3.63) is 68.7 Å². The highest BCUT2D eigenvalue weighted by Crippen LogP contribution is 2.26. The van der Waals surface area contributed by atoms with Gasteiger partial charge >= 0.3 is 0 Å². The van der Waals surface area contributed by atoms with Gasteiger partial charge in [-0.3, -0.25) is 9.20 Å². The molecule has 1 fully saturated rings. The number of H-pyrrole nitrogens is 1. The molecule has 0 amide bonds. The Morgan fingerprint density at radius 3 is 3.10 bits per heavy atom. The number of hydrogen-bond donors (Lipinski definition) is 1. The van der Waals surface area contributed by atoms with E-state index in [-0.39, 0.29) is 18.0 Å². The van der Waals surface area contributed by atoms with Crippen molar-refractivity contribution in [2.45, 2.75) is 26.2 Å². The van der Waals surface area contributed by atoms with Crippen LogP contribution in [0.4, 0.5) is 0 Å². The molecule has 0 radical (unpaired) electrons. The van der Waals surface area contributed by atoms with Gasteiger partial charge in [0.05, 0.1) is 11.6 Å². The van der Waals surface area contributed by atoms with Crippen molar-refractivity contribution in [3.63, 3.8) is 0 Å². The molecule has 1 aromatic carbocycles. The molecule has 8 heteroatoms. The Bertz CT molecular complexity index is 1330. The van der Waals surface area contributed by atoms with E-state index in [1.807, 2.05) is 36.7 Å². The van der Waals surface area contributed by atoms with Gasteiger partial charge in [-0.25, -0.2) is 4.98 Å². The van der Waals surface area contributed by atoms with E-state index in [0.29, 0.717) is 11.5 Å². The van der Waals surface area contributed by atoms with Crippen molar-refractivity contribution in [3.8, 4) is 6.07 Å². The number of thiazole rings is 1. The molecule has 1 unspecified atom stereocenters. The van der Waals surface area contributed by atoms with E-state index in [4.69, 9.17) is 0 Å². The minimum atomic E-state index is 0. The zero-order valence-corrected chi connectivity index (χ0v) is 18.9. The lowest BCUT2D eigenvalue weighted by Crippen LogP contribution is -2.28. The zero-order chi connectivity index (χ0) is 20.7. The number of likely N-dealkylation sites (tertiary alicyclic amines) is 1. The van der Waals surface area contributed by atoms with Crippen LogP contribution in [0.2, 0.25) is 0 Å². The molecule has 0 bridgehead atoms. The highest BCUT2D eigenvalue weighted by Gasteiger charge is 2.24. The molecule has 31 heavy (non-hydrogen) atoms. The van der Waals surface area contributed by atoms with Crippen LogP contribution in [-0.4, -0.2) is 38.9 Å². The van der Waals surface area contributed by atoms with E-state index in [1.54, 1.807) is 4.40 Å². The molecule has 6 nitrogen and oxygen atoms in total. The Hall–Kier alpha value is -2.66. The number of halogens is 1. The number of aryl methyl sites for hydroxylation is 1. The Kier molecular flexibility index (Phi) is 6.15. The van der Waals surface area contributed by atoms with Gasteiger partial charge in [0.2, 0.25) is 0 Å². The number of aromatic nitrogens is 3. The van der Waals surface area contributed by atoms with E-state index >= 15 is 0 Å². The maximum atomic E-state index is 12.8. The van der Waals surface area contributed by atoms with E-state index in [0.717, 1.165) is 66.0 Å². The van der Waals surface area contributed by atoms with Crippen molar-refractivity contribution >= 4 is 39.6 Å². The molecule has 1 atom stereocenters. The second-order valence-corrected chi connectivity index (χ2v) is 9.01. The third kappa shape index (κ3) is 4.11. The van der Waals surface area contributed by atoms with E-state index in [2.05, 4.69) is 27.1 Å². The fourth-order valence-electron chi connectivity index (χ4n) is 4.59. The Morgan fingerprint density at radius 1 is 1.39 bits per heavy atom. The summed E-state index contributed by atoms with van der Waals surface area (Å²) in [5.41, 5.74) is 4.83. The van der Waals surface area contributed by atoms with Gasteiger partial charge in [0, 0.05) is 53.0 Å². The predicted octanol–water partition coefficient (Wildman–Crippen LogP) is 3.95. The predicted molar refractivity (Wildman–Crippen MR) is 126 cm³/mol. The van der Waals surface area contributed by atoms with Crippen LogP contribution >= 0.6 is 23.7 Å². The lowest BCUT2D eigenvalue weighted by molar-refractivity contribution is 0.327. The SMILES string of the molecule is Cc1nc2sccn2c(=O)c1CCN1CCC(Cc2c[nH]c3ccc(C#N)cc23)C1.Cl. The summed E-state index contributed by atoms with van der Waals surface area (Å²) < 4.78 is 1.66. The number of aromatic amines is 1. The normalized spacial score (nSPS) is 16.6. The number of rotatable bonds is 5. The van der Waals surface area contributed by atoms with Gasteiger partial charge in [0.15, 0.2) is 4.96 Å². The van der Waals surface area contributed by atoms with Crippen LogP contribution in [0.25, 0.3) is 15.9 Å². The summed E-state index contributed by atoms with van der Waals surface area (Å²) in [6.07, 6.45) is 6.80. The minimum Gasteiger partial charge on any atom is -0.361 e. The second kappa shape index (κ2) is 8.83. The van der Waals surface area contributed by atoms with Gasteiger partial charge in [-0.2, -0.15) is 5.26 Å². The summed E-state index contributed by atoms with van der Waals surface area (Å²) in [6, 6.07) is 8.06. The van der Waals surface area contributed by atoms with Crippen LogP contribution in [0.5, 0.6) is 0 Å². The number of nitrogens with zero attached hydrogens (tertiary/aromatic N) is 4. The van der Waals surface area contributed by atoms with E-state index < -0.39 is 0 Å². The lowest BCUT2D eigenvalue weighted by Gasteiger charge is -2.16. The minimum absolute atomic E-state index is 0. The number of nitrogens with one attached hydrogen (secondary N) is 1. The third-order valence-corrected chi connectivity index (χ3v) is 6.98. The van der Waals surface area contributed by atoms with Crippen molar-refractivity contribution in [1.29, 1.82) is 5.26 Å². The molecule has 160 valence electrons. The van der Waals surface area contributed by atoms with Crippen molar-refractivity contribution < 1.29 is 0 Å². The second-order valence-electron chi connectivity index (χ2n) is 8.13. The smallest absolute Gasteiger partial charge is 0.261 e. The third-order valence-electron chi connectivity index (χ3n) is 6.22. The molecule has 4 heterocycles. The first-order chi connectivity index (χ1) is 14.6.